The van der Waals surface area contributed by atoms with E-state index in [9.17, 15) is 19.2 Å². The predicted octanol–water partition coefficient (Wildman–Crippen LogP) is 2.45. The third-order valence-electron chi connectivity index (χ3n) is 5.05. The minimum atomic E-state index is -1.42. The zero-order valence-electron chi connectivity index (χ0n) is 20.9. The minimum absolute atomic E-state index is 0.407. The van der Waals surface area contributed by atoms with E-state index in [1.807, 2.05) is 26.8 Å². The lowest BCUT2D eigenvalue weighted by Crippen LogP contribution is -2.52. The second kappa shape index (κ2) is 12.6. The fourth-order valence-corrected chi connectivity index (χ4v) is 3.24. The van der Waals surface area contributed by atoms with Gasteiger partial charge < -0.3 is 21.1 Å². The fraction of sp³-hybridized carbons (Fsp3) is 0.520. The summed E-state index contributed by atoms with van der Waals surface area (Å²) in [7, 11) is 0. The van der Waals surface area contributed by atoms with Crippen LogP contribution in [0.15, 0.2) is 18.2 Å². The highest BCUT2D eigenvalue weighted by Crippen LogP contribution is 2.27. The van der Waals surface area contributed by atoms with Crippen molar-refractivity contribution in [2.45, 2.75) is 78.5 Å². The number of terminal acetylenes is 1. The first-order valence-electron chi connectivity index (χ1n) is 11.2. The Hall–Kier alpha value is -3.54. The molecule has 0 heterocycles. The van der Waals surface area contributed by atoms with E-state index in [1.165, 1.54) is 0 Å². The number of rotatable bonds is 10. The van der Waals surface area contributed by atoms with Crippen molar-refractivity contribution in [3.05, 3.63) is 34.9 Å². The van der Waals surface area contributed by atoms with Crippen LogP contribution in [0, 0.1) is 26.3 Å². The van der Waals surface area contributed by atoms with Crippen molar-refractivity contribution in [1.29, 1.82) is 0 Å². The molecule has 186 valence electrons. The van der Waals surface area contributed by atoms with Crippen molar-refractivity contribution in [1.82, 2.24) is 15.5 Å². The number of primary amides is 1. The highest BCUT2D eigenvalue weighted by atomic mass is 16.6. The average Bonchev–Trinajstić information content (AvgIpc) is 2.71. The van der Waals surface area contributed by atoms with Gasteiger partial charge in [0.1, 0.15) is 17.7 Å². The number of aryl methyl sites for hydroxylation is 1. The summed E-state index contributed by atoms with van der Waals surface area (Å²) in [5.41, 5.74) is 6.72. The molecule has 0 radical (unpaired) electrons. The Labute approximate surface area is 201 Å². The van der Waals surface area contributed by atoms with Crippen molar-refractivity contribution in [3.8, 4) is 12.5 Å². The Morgan fingerprint density at radius 3 is 2.38 bits per heavy atom. The summed E-state index contributed by atoms with van der Waals surface area (Å²) in [5, 5.41) is 5.18. The molecule has 0 aliphatic heterocycles. The summed E-state index contributed by atoms with van der Waals surface area (Å²) >= 11 is 0. The third-order valence-corrected chi connectivity index (χ3v) is 5.05. The molecule has 2 unspecified atom stereocenters. The van der Waals surface area contributed by atoms with E-state index in [2.05, 4.69) is 16.7 Å². The molecular formula is C25H36N4O5. The van der Waals surface area contributed by atoms with Gasteiger partial charge in [-0.1, -0.05) is 38.0 Å². The molecule has 9 nitrogen and oxygen atoms in total. The molecule has 4 amide bonds. The smallest absolute Gasteiger partial charge is 0.408 e. The normalized spacial score (nSPS) is 12.6. The van der Waals surface area contributed by atoms with Gasteiger partial charge in [0.15, 0.2) is 0 Å². The molecule has 0 bridgehead atoms. The maximum atomic E-state index is 13.5. The number of benzene rings is 1. The standard InChI is InChI=1S/C25H36N4O5/c1-8-10-14-27-22(31)21(18-13-11-12-16(3)17(18)4)29(9-2)23(32)19(15-20(26)30)28-24(33)34-25(5,6)7/h2,11-13,19,21H,8,10,14-15H2,1,3-7H3,(H2,26,30)(H,27,31)(H,28,33). The van der Waals surface area contributed by atoms with Crippen molar-refractivity contribution in [2.24, 2.45) is 5.73 Å². The molecular weight excluding hydrogens is 436 g/mol. The summed E-state index contributed by atoms with van der Waals surface area (Å²) in [6.45, 7) is 11.1. The monoisotopic (exact) mass is 472 g/mol. The number of nitrogens with two attached hydrogens (primary N) is 1. The van der Waals surface area contributed by atoms with E-state index in [0.29, 0.717) is 12.1 Å². The van der Waals surface area contributed by atoms with Crippen LogP contribution in [0.3, 0.4) is 0 Å². The molecule has 0 fully saturated rings. The predicted molar refractivity (Wildman–Crippen MR) is 129 cm³/mol. The van der Waals surface area contributed by atoms with Crippen molar-refractivity contribution >= 4 is 23.8 Å². The number of nitrogens with one attached hydrogen (secondary N) is 2. The number of carbonyl (C=O) groups excluding carboxylic acids is 4. The lowest BCUT2D eigenvalue weighted by molar-refractivity contribution is -0.139. The van der Waals surface area contributed by atoms with Gasteiger partial charge >= 0.3 is 6.09 Å². The van der Waals surface area contributed by atoms with Crippen LogP contribution in [0.2, 0.25) is 0 Å². The number of nitrogens with zero attached hydrogens (tertiary/aromatic N) is 1. The van der Waals surface area contributed by atoms with Crippen molar-refractivity contribution in [3.63, 3.8) is 0 Å². The topological polar surface area (TPSA) is 131 Å². The number of alkyl carbamates (subject to hydrolysis) is 1. The maximum absolute atomic E-state index is 13.5. The zero-order valence-corrected chi connectivity index (χ0v) is 20.9. The molecule has 1 rings (SSSR count). The van der Waals surface area contributed by atoms with Crippen molar-refractivity contribution in [2.75, 3.05) is 6.54 Å². The lowest BCUT2D eigenvalue weighted by atomic mass is 9.95. The number of unbranched alkanes of at least 4 members (excludes halogenated alkanes) is 1. The van der Waals surface area contributed by atoms with E-state index in [4.69, 9.17) is 16.9 Å². The lowest BCUT2D eigenvalue weighted by Gasteiger charge is -2.31. The average molecular weight is 473 g/mol. The van der Waals surface area contributed by atoms with Gasteiger partial charge in [-0.3, -0.25) is 19.3 Å². The first kappa shape index (κ1) is 28.5. The Balaban J connectivity index is 3.42. The number of carbonyl (C=O) groups is 4. The molecule has 0 aliphatic carbocycles. The zero-order chi connectivity index (χ0) is 26.1. The van der Waals surface area contributed by atoms with Crippen LogP contribution in [0.1, 0.15) is 69.7 Å². The molecule has 2 atom stereocenters. The van der Waals surface area contributed by atoms with Gasteiger partial charge in [-0.25, -0.2) is 4.79 Å². The summed E-state index contributed by atoms with van der Waals surface area (Å²) in [6.07, 6.45) is 5.89. The second-order valence-corrected chi connectivity index (χ2v) is 9.04. The first-order chi connectivity index (χ1) is 15.8. The van der Waals surface area contributed by atoms with Gasteiger partial charge in [-0.05, 0) is 57.7 Å². The minimum Gasteiger partial charge on any atom is -0.444 e. The molecule has 1 aromatic rings. The van der Waals surface area contributed by atoms with Crippen LogP contribution >= 0.6 is 0 Å². The Kier molecular flexibility index (Phi) is 10.6. The van der Waals surface area contributed by atoms with Crippen LogP contribution in [0.25, 0.3) is 0 Å². The Morgan fingerprint density at radius 1 is 1.21 bits per heavy atom. The van der Waals surface area contributed by atoms with Crippen LogP contribution < -0.4 is 16.4 Å². The largest absolute Gasteiger partial charge is 0.444 e. The van der Waals surface area contributed by atoms with Gasteiger partial charge in [-0.15, -0.1) is 0 Å². The van der Waals surface area contributed by atoms with Gasteiger partial charge in [0.25, 0.3) is 5.91 Å². The van der Waals surface area contributed by atoms with Crippen LogP contribution in [0.4, 0.5) is 4.79 Å². The molecule has 0 spiro atoms. The molecule has 0 saturated carbocycles. The highest BCUT2D eigenvalue weighted by Gasteiger charge is 2.37. The molecule has 34 heavy (non-hydrogen) atoms. The molecule has 0 aromatic heterocycles. The highest BCUT2D eigenvalue weighted by molar-refractivity contribution is 5.95. The molecule has 1 aromatic carbocycles. The number of hydrogen-bond donors (Lipinski definition) is 3. The maximum Gasteiger partial charge on any atom is 0.408 e. The van der Waals surface area contributed by atoms with Gasteiger partial charge in [0, 0.05) is 12.6 Å². The number of amides is 4. The summed E-state index contributed by atoms with van der Waals surface area (Å²) in [4.78, 5) is 51.6. The summed E-state index contributed by atoms with van der Waals surface area (Å²) < 4.78 is 5.20. The van der Waals surface area contributed by atoms with E-state index in [1.54, 1.807) is 32.9 Å². The Morgan fingerprint density at radius 2 is 1.85 bits per heavy atom. The second-order valence-electron chi connectivity index (χ2n) is 9.04. The van der Waals surface area contributed by atoms with Crippen LogP contribution in [0.5, 0.6) is 0 Å². The first-order valence-corrected chi connectivity index (χ1v) is 11.2. The van der Waals surface area contributed by atoms with Crippen molar-refractivity contribution < 1.29 is 23.9 Å². The quantitative estimate of drug-likeness (QED) is 0.273. The number of ether oxygens (including phenoxy) is 1. The fourth-order valence-electron chi connectivity index (χ4n) is 3.24. The third kappa shape index (κ3) is 8.43. The van der Waals surface area contributed by atoms with E-state index < -0.39 is 47.9 Å². The summed E-state index contributed by atoms with van der Waals surface area (Å²) in [5.74, 6) is -2.13. The van der Waals surface area contributed by atoms with Crippen LogP contribution in [-0.4, -0.2) is 46.9 Å². The van der Waals surface area contributed by atoms with E-state index in [-0.39, 0.29) is 0 Å². The van der Waals surface area contributed by atoms with E-state index >= 15 is 0 Å². The molecule has 9 heteroatoms. The number of hydrogen-bond acceptors (Lipinski definition) is 5. The van der Waals surface area contributed by atoms with Crippen LogP contribution in [-0.2, 0) is 19.1 Å². The molecule has 4 N–H and O–H groups in total. The molecule has 0 aliphatic rings. The van der Waals surface area contributed by atoms with Gasteiger partial charge in [-0.2, -0.15) is 0 Å². The Bertz CT molecular complexity index is 946. The van der Waals surface area contributed by atoms with E-state index in [0.717, 1.165) is 28.9 Å². The summed E-state index contributed by atoms with van der Waals surface area (Å²) in [6, 6.07) is 5.04. The molecule has 0 saturated heterocycles. The van der Waals surface area contributed by atoms with Gasteiger partial charge in [0.2, 0.25) is 11.8 Å². The van der Waals surface area contributed by atoms with Gasteiger partial charge in [0.05, 0.1) is 6.42 Å². The SMILES string of the molecule is C#CN(C(=O)C(CC(N)=O)NC(=O)OC(C)(C)C)C(C(=O)NCCCC)c1cccc(C)c1C.